The smallest absolute Gasteiger partial charge is 0.416 e. The number of halogens is 3. The predicted molar refractivity (Wildman–Crippen MR) is 118 cm³/mol. The molecular formula is C23H16F3N3O6. The molecule has 0 atom stereocenters. The van der Waals surface area contributed by atoms with Crippen LogP contribution in [0.15, 0.2) is 66.7 Å². The molecule has 2 amide bonds. The van der Waals surface area contributed by atoms with Crippen molar-refractivity contribution in [1.82, 2.24) is 0 Å². The topological polar surface area (TPSA) is 128 Å². The fourth-order valence-corrected chi connectivity index (χ4v) is 3.00. The number of nitro benzene ring substituents is 1. The molecule has 12 heteroatoms. The molecule has 0 fully saturated rings. The van der Waals surface area contributed by atoms with Crippen LogP contribution >= 0.6 is 0 Å². The number of esters is 1. The third-order valence-electron chi connectivity index (χ3n) is 4.64. The summed E-state index contributed by atoms with van der Waals surface area (Å²) in [4.78, 5) is 47.4. The van der Waals surface area contributed by atoms with Crippen LogP contribution in [0.25, 0.3) is 0 Å². The quantitative estimate of drug-likeness (QED) is 0.289. The van der Waals surface area contributed by atoms with E-state index in [0.29, 0.717) is 0 Å². The first-order chi connectivity index (χ1) is 16.5. The molecule has 180 valence electrons. The molecule has 0 heterocycles. The summed E-state index contributed by atoms with van der Waals surface area (Å²) in [6, 6.07) is 12.6. The van der Waals surface area contributed by atoms with Gasteiger partial charge in [0.05, 0.1) is 23.2 Å². The predicted octanol–water partition coefficient (Wildman–Crippen LogP) is 4.90. The van der Waals surface area contributed by atoms with Crippen molar-refractivity contribution in [3.8, 4) is 0 Å². The number of ether oxygens (including phenoxy) is 1. The average Bonchev–Trinajstić information content (AvgIpc) is 2.83. The minimum atomic E-state index is -4.58. The maximum absolute atomic E-state index is 12.9. The van der Waals surface area contributed by atoms with Gasteiger partial charge in [0.15, 0.2) is 0 Å². The van der Waals surface area contributed by atoms with Gasteiger partial charge in [0, 0.05) is 34.6 Å². The van der Waals surface area contributed by atoms with Gasteiger partial charge in [-0.1, -0.05) is 12.1 Å². The highest BCUT2D eigenvalue weighted by atomic mass is 19.4. The first-order valence-electron chi connectivity index (χ1n) is 9.76. The summed E-state index contributed by atoms with van der Waals surface area (Å²) in [5.41, 5.74) is -1.79. The van der Waals surface area contributed by atoms with Crippen molar-refractivity contribution in [2.45, 2.75) is 6.18 Å². The lowest BCUT2D eigenvalue weighted by atomic mass is 10.1. The number of rotatable bonds is 6. The molecule has 0 spiro atoms. The SMILES string of the molecule is COC(=O)c1cc(C(=O)Nc2cccc(C(=O)Nc3cccc(C(F)(F)F)c3)c2)cc([N+](=O)[O-])c1. The summed E-state index contributed by atoms with van der Waals surface area (Å²) in [5.74, 6) is -2.42. The van der Waals surface area contributed by atoms with Crippen LogP contribution in [0, 0.1) is 10.1 Å². The van der Waals surface area contributed by atoms with Crippen molar-refractivity contribution >= 4 is 34.8 Å². The Hall–Kier alpha value is -4.74. The fraction of sp³-hybridized carbons (Fsp3) is 0.0870. The van der Waals surface area contributed by atoms with Crippen LogP contribution < -0.4 is 10.6 Å². The Kier molecular flexibility index (Phi) is 7.14. The summed E-state index contributed by atoms with van der Waals surface area (Å²) >= 11 is 0. The Morgan fingerprint density at radius 2 is 1.40 bits per heavy atom. The van der Waals surface area contributed by atoms with Crippen molar-refractivity contribution in [2.75, 3.05) is 17.7 Å². The van der Waals surface area contributed by atoms with Crippen LogP contribution in [0.4, 0.5) is 30.2 Å². The highest BCUT2D eigenvalue weighted by molar-refractivity contribution is 6.08. The lowest BCUT2D eigenvalue weighted by Gasteiger charge is -2.11. The summed E-state index contributed by atoms with van der Waals surface area (Å²) in [7, 11) is 1.08. The molecule has 0 aliphatic rings. The van der Waals surface area contributed by atoms with Gasteiger partial charge >= 0.3 is 12.1 Å². The number of hydrogen-bond acceptors (Lipinski definition) is 6. The number of amides is 2. The Bertz CT molecular complexity index is 1320. The largest absolute Gasteiger partial charge is 0.465 e. The van der Waals surface area contributed by atoms with Crippen LogP contribution in [0.1, 0.15) is 36.6 Å². The first-order valence-corrected chi connectivity index (χ1v) is 9.76. The Morgan fingerprint density at radius 3 is 2.00 bits per heavy atom. The molecule has 3 aromatic rings. The summed E-state index contributed by atoms with van der Waals surface area (Å²) in [5, 5.41) is 16.0. The van der Waals surface area contributed by atoms with Gasteiger partial charge in [-0.3, -0.25) is 19.7 Å². The number of carbonyl (C=O) groups is 3. The number of benzene rings is 3. The van der Waals surface area contributed by atoms with Gasteiger partial charge in [-0.25, -0.2) is 4.79 Å². The van der Waals surface area contributed by atoms with Crippen LogP contribution in [0.5, 0.6) is 0 Å². The highest BCUT2D eigenvalue weighted by Crippen LogP contribution is 2.30. The second-order valence-electron chi connectivity index (χ2n) is 7.08. The number of nitrogens with zero attached hydrogens (tertiary/aromatic N) is 1. The molecule has 3 aromatic carbocycles. The number of hydrogen-bond donors (Lipinski definition) is 2. The van der Waals surface area contributed by atoms with Crippen molar-refractivity contribution in [2.24, 2.45) is 0 Å². The third-order valence-corrected chi connectivity index (χ3v) is 4.64. The number of nitrogens with one attached hydrogen (secondary N) is 2. The molecule has 0 aromatic heterocycles. The molecule has 0 aliphatic carbocycles. The Balaban J connectivity index is 1.80. The molecule has 0 saturated heterocycles. The van der Waals surface area contributed by atoms with E-state index in [1.807, 2.05) is 0 Å². The number of methoxy groups -OCH3 is 1. The number of alkyl halides is 3. The summed E-state index contributed by atoms with van der Waals surface area (Å²) in [6.07, 6.45) is -4.58. The molecule has 9 nitrogen and oxygen atoms in total. The van der Waals surface area contributed by atoms with Crippen molar-refractivity contribution < 1.29 is 37.2 Å². The first kappa shape index (κ1) is 24.9. The zero-order valence-corrected chi connectivity index (χ0v) is 17.9. The van der Waals surface area contributed by atoms with E-state index in [1.54, 1.807) is 0 Å². The Morgan fingerprint density at radius 1 is 0.829 bits per heavy atom. The minimum absolute atomic E-state index is 0.0227. The van der Waals surface area contributed by atoms with Crippen LogP contribution in [-0.4, -0.2) is 29.8 Å². The van der Waals surface area contributed by atoms with Crippen LogP contribution in [0.2, 0.25) is 0 Å². The fourth-order valence-electron chi connectivity index (χ4n) is 3.00. The van der Waals surface area contributed by atoms with Crippen molar-refractivity contribution in [3.63, 3.8) is 0 Å². The van der Waals surface area contributed by atoms with E-state index in [9.17, 15) is 37.7 Å². The summed E-state index contributed by atoms with van der Waals surface area (Å²) in [6.45, 7) is 0. The van der Waals surface area contributed by atoms with E-state index in [-0.39, 0.29) is 28.1 Å². The number of carbonyl (C=O) groups excluding carboxylic acids is 3. The molecular weight excluding hydrogens is 471 g/mol. The zero-order valence-electron chi connectivity index (χ0n) is 17.9. The minimum Gasteiger partial charge on any atom is -0.465 e. The molecule has 0 unspecified atom stereocenters. The van der Waals surface area contributed by atoms with Crippen molar-refractivity contribution in [3.05, 3.63) is 99.1 Å². The van der Waals surface area contributed by atoms with Crippen LogP contribution in [0.3, 0.4) is 0 Å². The number of non-ortho nitro benzene ring substituents is 1. The molecule has 2 N–H and O–H groups in total. The van der Waals surface area contributed by atoms with E-state index < -0.39 is 40.1 Å². The van der Waals surface area contributed by atoms with Gasteiger partial charge in [0.25, 0.3) is 17.5 Å². The molecule has 35 heavy (non-hydrogen) atoms. The zero-order chi connectivity index (χ0) is 25.8. The molecule has 0 bridgehead atoms. The second kappa shape index (κ2) is 10.0. The molecule has 0 saturated carbocycles. The standard InChI is InChI=1S/C23H16F3N3O6/c1-35-22(32)15-8-14(10-19(11-15)29(33)34)21(31)27-17-6-2-4-13(9-17)20(30)28-18-7-3-5-16(12-18)23(24,25)26/h2-12H,1H3,(H,27,31)(H,28,30). The van der Waals surface area contributed by atoms with Gasteiger partial charge in [-0.15, -0.1) is 0 Å². The van der Waals surface area contributed by atoms with Crippen molar-refractivity contribution in [1.29, 1.82) is 0 Å². The lowest BCUT2D eigenvalue weighted by Crippen LogP contribution is -2.16. The van der Waals surface area contributed by atoms with E-state index in [1.165, 1.54) is 30.3 Å². The van der Waals surface area contributed by atoms with Gasteiger partial charge in [0.2, 0.25) is 0 Å². The molecule has 0 radical (unpaired) electrons. The van der Waals surface area contributed by atoms with E-state index in [4.69, 9.17) is 0 Å². The van der Waals surface area contributed by atoms with Crippen LogP contribution in [-0.2, 0) is 10.9 Å². The van der Waals surface area contributed by atoms with Gasteiger partial charge in [-0.05, 0) is 42.5 Å². The number of nitro groups is 1. The van der Waals surface area contributed by atoms with E-state index in [0.717, 1.165) is 43.5 Å². The van der Waals surface area contributed by atoms with E-state index >= 15 is 0 Å². The monoisotopic (exact) mass is 487 g/mol. The molecule has 3 rings (SSSR count). The van der Waals surface area contributed by atoms with Gasteiger partial charge < -0.3 is 15.4 Å². The summed E-state index contributed by atoms with van der Waals surface area (Å²) < 4.78 is 43.2. The third kappa shape index (κ3) is 6.19. The highest BCUT2D eigenvalue weighted by Gasteiger charge is 2.30. The lowest BCUT2D eigenvalue weighted by molar-refractivity contribution is -0.384. The maximum Gasteiger partial charge on any atom is 0.416 e. The van der Waals surface area contributed by atoms with Gasteiger partial charge in [-0.2, -0.15) is 13.2 Å². The second-order valence-corrected chi connectivity index (χ2v) is 7.08. The maximum atomic E-state index is 12.9. The normalized spacial score (nSPS) is 10.9. The molecule has 0 aliphatic heterocycles. The van der Waals surface area contributed by atoms with E-state index in [2.05, 4.69) is 15.4 Å². The average molecular weight is 487 g/mol. The van der Waals surface area contributed by atoms with Gasteiger partial charge in [0.1, 0.15) is 0 Å². The Labute approximate surface area is 195 Å². The number of anilines is 2.